The Balaban J connectivity index is 0.000000433. The Morgan fingerprint density at radius 1 is 1.13 bits per heavy atom. The number of carboxylic acid groups (broad SMARTS) is 1. The first-order valence-corrected chi connectivity index (χ1v) is 6.88. The van der Waals surface area contributed by atoms with Crippen LogP contribution >= 0.6 is 0 Å². The van der Waals surface area contributed by atoms with Crippen molar-refractivity contribution < 1.29 is 9.90 Å². The van der Waals surface area contributed by atoms with Gasteiger partial charge in [0.05, 0.1) is 5.52 Å². The summed E-state index contributed by atoms with van der Waals surface area (Å²) in [4.78, 5) is 9.00. The van der Waals surface area contributed by atoms with Gasteiger partial charge in [-0.3, -0.25) is 10.2 Å². The molecule has 1 aromatic heterocycles. The van der Waals surface area contributed by atoms with Gasteiger partial charge < -0.3 is 9.67 Å². The Kier molecular flexibility index (Phi) is 4.90. The molecule has 0 unspecified atom stereocenters. The number of hydrogen-bond donors (Lipinski definition) is 2. The van der Waals surface area contributed by atoms with Crippen molar-refractivity contribution in [2.45, 2.75) is 6.92 Å². The fourth-order valence-corrected chi connectivity index (χ4v) is 2.24. The molecule has 114 valence electrons. The lowest BCUT2D eigenvalue weighted by atomic mass is 10.1. The zero-order valence-electron chi connectivity index (χ0n) is 12.5. The summed E-state index contributed by atoms with van der Waals surface area (Å²) in [5.41, 5.74) is 2.69. The molecule has 0 saturated heterocycles. The molecule has 5 heteroatoms. The predicted octanol–water partition coefficient (Wildman–Crippen LogP) is 3.61. The molecule has 0 fully saturated rings. The summed E-state index contributed by atoms with van der Waals surface area (Å²) >= 11 is 0. The molecule has 0 atom stereocenters. The molecule has 2 N–H and O–H groups in total. The van der Waals surface area contributed by atoms with E-state index >= 15 is 0 Å². The highest BCUT2D eigenvalue weighted by molar-refractivity contribution is 6.17. The van der Waals surface area contributed by atoms with Crippen molar-refractivity contribution in [2.24, 2.45) is 0 Å². The smallest absolute Gasteiger partial charge is 0.300 e. The normalized spacial score (nSPS) is 9.57. The van der Waals surface area contributed by atoms with Crippen LogP contribution in [0.2, 0.25) is 0 Å². The average Bonchev–Trinajstić information content (AvgIpc) is 2.94. The first kappa shape index (κ1) is 16.0. The molecule has 0 aliphatic rings. The first-order valence-electron chi connectivity index (χ1n) is 6.88. The van der Waals surface area contributed by atoms with Crippen LogP contribution in [-0.2, 0) is 4.79 Å². The van der Waals surface area contributed by atoms with Crippen LogP contribution in [-0.4, -0.2) is 21.4 Å². The van der Waals surface area contributed by atoms with E-state index in [0.717, 1.165) is 23.5 Å². The van der Waals surface area contributed by atoms with E-state index in [0.29, 0.717) is 5.56 Å². The van der Waals surface area contributed by atoms with Crippen LogP contribution in [0.25, 0.3) is 16.6 Å². The number of aliphatic carboxylic acids is 1. The second-order valence-electron chi connectivity index (χ2n) is 4.77. The van der Waals surface area contributed by atoms with Gasteiger partial charge in [-0.1, -0.05) is 36.4 Å². The maximum atomic E-state index is 9.00. The molecular weight excluding hydrogens is 290 g/mol. The second kappa shape index (κ2) is 7.05. The Labute approximate surface area is 133 Å². The molecule has 0 bridgehead atoms. The minimum atomic E-state index is -0.833. The van der Waals surface area contributed by atoms with Crippen molar-refractivity contribution in [2.75, 3.05) is 0 Å². The third kappa shape index (κ3) is 3.63. The summed E-state index contributed by atoms with van der Waals surface area (Å²) in [6.45, 7) is 1.08. The number of para-hydroxylation sites is 2. The van der Waals surface area contributed by atoms with Gasteiger partial charge in [0.2, 0.25) is 0 Å². The summed E-state index contributed by atoms with van der Waals surface area (Å²) in [7, 11) is 0. The number of carboxylic acids is 1. The van der Waals surface area contributed by atoms with Crippen LogP contribution in [0, 0.1) is 16.7 Å². The summed E-state index contributed by atoms with van der Waals surface area (Å²) in [6.07, 6.45) is 1.85. The topological polar surface area (TPSA) is 89.9 Å². The van der Waals surface area contributed by atoms with Crippen LogP contribution < -0.4 is 0 Å². The van der Waals surface area contributed by atoms with Crippen LogP contribution in [0.3, 0.4) is 0 Å². The number of nitriles is 1. The number of nitrogens with one attached hydrogen (secondary N) is 1. The number of hydrogen-bond acceptors (Lipinski definition) is 3. The minimum Gasteiger partial charge on any atom is -0.481 e. The van der Waals surface area contributed by atoms with Gasteiger partial charge in [0.15, 0.2) is 0 Å². The molecule has 1 heterocycles. The third-order valence-electron chi connectivity index (χ3n) is 3.13. The lowest BCUT2D eigenvalue weighted by Crippen LogP contribution is -1.93. The monoisotopic (exact) mass is 305 g/mol. The van der Waals surface area contributed by atoms with E-state index in [-0.39, 0.29) is 5.71 Å². The van der Waals surface area contributed by atoms with E-state index < -0.39 is 5.97 Å². The van der Waals surface area contributed by atoms with Gasteiger partial charge in [-0.15, -0.1) is 0 Å². The largest absolute Gasteiger partial charge is 0.481 e. The predicted molar refractivity (Wildman–Crippen MR) is 89.0 cm³/mol. The number of nitrogens with zero attached hydrogens (tertiary/aromatic N) is 2. The molecule has 0 radical (unpaired) electrons. The number of benzene rings is 2. The third-order valence-corrected chi connectivity index (χ3v) is 3.13. The lowest BCUT2D eigenvalue weighted by Gasteiger charge is -2.04. The Bertz CT molecular complexity index is 886. The highest BCUT2D eigenvalue weighted by atomic mass is 16.4. The number of rotatable bonds is 2. The molecule has 0 aliphatic carbocycles. The molecule has 0 spiro atoms. The van der Waals surface area contributed by atoms with Gasteiger partial charge in [0, 0.05) is 29.8 Å². The Morgan fingerprint density at radius 2 is 1.70 bits per heavy atom. The number of fused-ring (bicyclic) bond motifs is 1. The van der Waals surface area contributed by atoms with Crippen LogP contribution in [0.5, 0.6) is 0 Å². The van der Waals surface area contributed by atoms with E-state index in [2.05, 4.69) is 0 Å². The van der Waals surface area contributed by atoms with Crippen molar-refractivity contribution in [3.63, 3.8) is 0 Å². The first-order chi connectivity index (χ1) is 11.0. The molecule has 0 aliphatic heterocycles. The fraction of sp³-hybridized carbons (Fsp3) is 0.0556. The molecule has 0 saturated carbocycles. The zero-order valence-corrected chi connectivity index (χ0v) is 12.5. The van der Waals surface area contributed by atoms with E-state index in [9.17, 15) is 0 Å². The van der Waals surface area contributed by atoms with Crippen LogP contribution in [0.4, 0.5) is 0 Å². The fourth-order valence-electron chi connectivity index (χ4n) is 2.24. The maximum absolute atomic E-state index is 9.00. The van der Waals surface area contributed by atoms with E-state index in [4.69, 9.17) is 20.6 Å². The second-order valence-corrected chi connectivity index (χ2v) is 4.77. The molecule has 5 nitrogen and oxygen atoms in total. The van der Waals surface area contributed by atoms with E-state index in [1.165, 1.54) is 0 Å². The minimum absolute atomic E-state index is 0.00844. The van der Waals surface area contributed by atoms with Crippen molar-refractivity contribution in [3.05, 3.63) is 66.4 Å². The number of carbonyl (C=O) groups is 1. The van der Waals surface area contributed by atoms with E-state index in [1.807, 2.05) is 71.4 Å². The van der Waals surface area contributed by atoms with Gasteiger partial charge in [0.1, 0.15) is 11.8 Å². The van der Waals surface area contributed by atoms with Crippen molar-refractivity contribution in [1.82, 2.24) is 4.57 Å². The molecular formula is C18H15N3O2. The highest BCUT2D eigenvalue weighted by Gasteiger charge is 2.12. The Morgan fingerprint density at radius 3 is 2.30 bits per heavy atom. The van der Waals surface area contributed by atoms with Gasteiger partial charge in [0.25, 0.3) is 5.97 Å². The summed E-state index contributed by atoms with van der Waals surface area (Å²) in [6, 6.07) is 19.6. The quantitative estimate of drug-likeness (QED) is 0.709. The van der Waals surface area contributed by atoms with Crippen molar-refractivity contribution in [3.8, 4) is 11.8 Å². The highest BCUT2D eigenvalue weighted by Crippen LogP contribution is 2.24. The molecule has 23 heavy (non-hydrogen) atoms. The van der Waals surface area contributed by atoms with Gasteiger partial charge in [-0.2, -0.15) is 5.26 Å². The molecule has 2 aromatic carbocycles. The van der Waals surface area contributed by atoms with Gasteiger partial charge >= 0.3 is 0 Å². The molecule has 3 rings (SSSR count). The lowest BCUT2D eigenvalue weighted by molar-refractivity contribution is -0.134. The van der Waals surface area contributed by atoms with Crippen molar-refractivity contribution in [1.29, 1.82) is 10.7 Å². The average molecular weight is 305 g/mol. The zero-order chi connectivity index (χ0) is 16.8. The molecule has 0 amide bonds. The standard InChI is InChI=1S/C16H11N3.C2H4O2/c17-10-15(18)14-11-19(12-6-2-1-3-7-12)16-9-5-4-8-13(14)16;1-2(3)4/h1-9,11,18H;1H3,(H,3,4). The van der Waals surface area contributed by atoms with Gasteiger partial charge in [-0.25, -0.2) is 0 Å². The Hall–Kier alpha value is -3.39. The maximum Gasteiger partial charge on any atom is 0.300 e. The summed E-state index contributed by atoms with van der Waals surface area (Å²) < 4.78 is 2.01. The summed E-state index contributed by atoms with van der Waals surface area (Å²) in [5, 5.41) is 25.1. The van der Waals surface area contributed by atoms with E-state index in [1.54, 1.807) is 0 Å². The van der Waals surface area contributed by atoms with Crippen LogP contribution in [0.15, 0.2) is 60.8 Å². The summed E-state index contributed by atoms with van der Waals surface area (Å²) in [5.74, 6) is -0.833. The van der Waals surface area contributed by atoms with Crippen LogP contribution in [0.1, 0.15) is 12.5 Å². The van der Waals surface area contributed by atoms with Crippen molar-refractivity contribution >= 4 is 22.6 Å². The van der Waals surface area contributed by atoms with Gasteiger partial charge in [-0.05, 0) is 18.2 Å². The number of aromatic nitrogens is 1. The molecule has 3 aromatic rings. The SMILES string of the molecule is CC(=O)O.N#CC(=N)c1cn(-c2ccccc2)c2ccccc12.